The quantitative estimate of drug-likeness (QED) is 0.620. The van der Waals surface area contributed by atoms with Crippen LogP contribution < -0.4 is 0 Å². The average Bonchev–Trinajstić information content (AvgIpc) is 2.53. The summed E-state index contributed by atoms with van der Waals surface area (Å²) in [6.45, 7) is 10.7. The first kappa shape index (κ1) is 15.2. The molecule has 18 heavy (non-hydrogen) atoms. The fourth-order valence-electron chi connectivity index (χ4n) is 2.90. The molecule has 0 unspecified atom stereocenters. The lowest BCUT2D eigenvalue weighted by Gasteiger charge is -2.29. The van der Waals surface area contributed by atoms with Crippen molar-refractivity contribution < 1.29 is 4.79 Å². The van der Waals surface area contributed by atoms with Crippen LogP contribution in [0.15, 0.2) is 23.3 Å². The second kappa shape index (κ2) is 6.36. The molecule has 0 aliphatic heterocycles. The maximum Gasteiger partial charge on any atom is 0.139 e. The van der Waals surface area contributed by atoms with Crippen LogP contribution in [-0.4, -0.2) is 5.78 Å². The zero-order chi connectivity index (χ0) is 13.8. The zero-order valence-electron chi connectivity index (χ0n) is 12.7. The molecule has 0 spiro atoms. The molecule has 0 saturated heterocycles. The Hall–Kier alpha value is -0.850. The third kappa shape index (κ3) is 3.83. The molecule has 1 saturated carbocycles. The van der Waals surface area contributed by atoms with Gasteiger partial charge in [-0.3, -0.25) is 4.79 Å². The molecule has 1 heteroatoms. The normalized spacial score (nSPS) is 27.2. The first-order valence-electron chi connectivity index (χ1n) is 7.16. The first-order valence-corrected chi connectivity index (χ1v) is 7.16. The molecule has 2 atom stereocenters. The minimum absolute atomic E-state index is 0.0854. The molecule has 1 fully saturated rings. The Labute approximate surface area is 112 Å². The molecule has 102 valence electrons. The van der Waals surface area contributed by atoms with Gasteiger partial charge in [-0.25, -0.2) is 0 Å². The van der Waals surface area contributed by atoms with E-state index in [0.717, 1.165) is 32.1 Å². The van der Waals surface area contributed by atoms with E-state index < -0.39 is 0 Å². The van der Waals surface area contributed by atoms with Crippen molar-refractivity contribution in [2.45, 2.75) is 66.7 Å². The molecule has 1 rings (SSSR count). The van der Waals surface area contributed by atoms with Crippen molar-refractivity contribution in [2.75, 3.05) is 0 Å². The van der Waals surface area contributed by atoms with Gasteiger partial charge < -0.3 is 0 Å². The van der Waals surface area contributed by atoms with Crippen LogP contribution in [0, 0.1) is 11.3 Å². The summed E-state index contributed by atoms with van der Waals surface area (Å²) in [5.74, 6) is 1.03. The molecular formula is C17H28O. The Morgan fingerprint density at radius 2 is 1.83 bits per heavy atom. The van der Waals surface area contributed by atoms with Crippen molar-refractivity contribution in [1.82, 2.24) is 0 Å². The van der Waals surface area contributed by atoms with E-state index in [2.05, 4.69) is 46.8 Å². The highest BCUT2D eigenvalue weighted by Crippen LogP contribution is 2.45. The summed E-state index contributed by atoms with van der Waals surface area (Å²) in [5.41, 5.74) is 2.63. The minimum atomic E-state index is -0.0854. The summed E-state index contributed by atoms with van der Waals surface area (Å²) < 4.78 is 0. The lowest BCUT2D eigenvalue weighted by atomic mass is 9.74. The summed E-state index contributed by atoms with van der Waals surface area (Å²) >= 11 is 0. The number of Topliss-reactive ketones (excluding diaryl/α,β-unsaturated/α-hetero) is 1. The van der Waals surface area contributed by atoms with Gasteiger partial charge in [-0.1, -0.05) is 30.2 Å². The summed E-state index contributed by atoms with van der Waals surface area (Å²) in [6, 6.07) is 0. The van der Waals surface area contributed by atoms with Gasteiger partial charge in [0.2, 0.25) is 0 Å². The van der Waals surface area contributed by atoms with Crippen molar-refractivity contribution in [1.29, 1.82) is 0 Å². The molecule has 0 aromatic carbocycles. The van der Waals surface area contributed by atoms with Gasteiger partial charge in [0.05, 0.1) is 0 Å². The Balaban J connectivity index is 2.70. The molecule has 1 aliphatic rings. The standard InChI is InChI=1S/C17H28O/c1-13(2)7-6-12-17(5)15(9-8-14(3)4)10-11-16(17)18/h7-8,15H,6,9-12H2,1-5H3/t15-,17+/m0/s1. The van der Waals surface area contributed by atoms with Crippen molar-refractivity contribution in [3.05, 3.63) is 23.3 Å². The molecule has 0 aromatic rings. The largest absolute Gasteiger partial charge is 0.299 e. The minimum Gasteiger partial charge on any atom is -0.299 e. The fraction of sp³-hybridized carbons (Fsp3) is 0.706. The molecule has 0 amide bonds. The van der Waals surface area contributed by atoms with Gasteiger partial charge in [0.15, 0.2) is 0 Å². The number of hydrogen-bond acceptors (Lipinski definition) is 1. The third-order valence-corrected chi connectivity index (χ3v) is 4.28. The second-order valence-electron chi connectivity index (χ2n) is 6.41. The van der Waals surface area contributed by atoms with Gasteiger partial charge in [0.1, 0.15) is 5.78 Å². The van der Waals surface area contributed by atoms with Crippen LogP contribution in [0.5, 0.6) is 0 Å². The highest BCUT2D eigenvalue weighted by Gasteiger charge is 2.44. The van der Waals surface area contributed by atoms with Gasteiger partial charge in [0.25, 0.3) is 0 Å². The van der Waals surface area contributed by atoms with E-state index in [4.69, 9.17) is 0 Å². The van der Waals surface area contributed by atoms with Crippen molar-refractivity contribution >= 4 is 5.78 Å². The van der Waals surface area contributed by atoms with Crippen LogP contribution in [0.4, 0.5) is 0 Å². The number of hydrogen-bond donors (Lipinski definition) is 0. The number of carbonyl (C=O) groups is 1. The van der Waals surface area contributed by atoms with E-state index in [0.29, 0.717) is 11.7 Å². The number of allylic oxidation sites excluding steroid dienone is 4. The van der Waals surface area contributed by atoms with Crippen molar-refractivity contribution in [3.63, 3.8) is 0 Å². The third-order valence-electron chi connectivity index (χ3n) is 4.28. The first-order chi connectivity index (χ1) is 8.36. The van der Waals surface area contributed by atoms with Gasteiger partial charge >= 0.3 is 0 Å². The lowest BCUT2D eigenvalue weighted by molar-refractivity contribution is -0.126. The van der Waals surface area contributed by atoms with E-state index in [-0.39, 0.29) is 5.41 Å². The van der Waals surface area contributed by atoms with E-state index in [9.17, 15) is 4.79 Å². The van der Waals surface area contributed by atoms with Crippen LogP contribution in [-0.2, 0) is 4.79 Å². The van der Waals surface area contributed by atoms with E-state index >= 15 is 0 Å². The molecule has 0 aromatic heterocycles. The zero-order valence-corrected chi connectivity index (χ0v) is 12.7. The monoisotopic (exact) mass is 248 g/mol. The fourth-order valence-corrected chi connectivity index (χ4v) is 2.90. The molecule has 0 bridgehead atoms. The highest BCUT2D eigenvalue weighted by atomic mass is 16.1. The van der Waals surface area contributed by atoms with Crippen molar-refractivity contribution in [3.8, 4) is 0 Å². The second-order valence-corrected chi connectivity index (χ2v) is 6.41. The summed E-state index contributed by atoms with van der Waals surface area (Å²) in [6.07, 6.45) is 9.53. The average molecular weight is 248 g/mol. The predicted molar refractivity (Wildman–Crippen MR) is 78.6 cm³/mol. The molecule has 0 heterocycles. The van der Waals surface area contributed by atoms with E-state index in [1.54, 1.807) is 0 Å². The SMILES string of the molecule is CC(C)=CCC[C@@]1(C)C(=O)CC[C@@H]1CC=C(C)C. The number of rotatable bonds is 5. The van der Waals surface area contributed by atoms with E-state index in [1.807, 2.05) is 0 Å². The smallest absolute Gasteiger partial charge is 0.139 e. The van der Waals surface area contributed by atoms with Crippen LogP contribution in [0.1, 0.15) is 66.7 Å². The van der Waals surface area contributed by atoms with Gasteiger partial charge in [-0.05, 0) is 59.3 Å². The molecular weight excluding hydrogens is 220 g/mol. The number of ketones is 1. The molecule has 1 nitrogen and oxygen atoms in total. The Bertz CT molecular complexity index is 354. The predicted octanol–water partition coefficient (Wildman–Crippen LogP) is 5.07. The maximum atomic E-state index is 12.2. The Morgan fingerprint density at radius 1 is 1.22 bits per heavy atom. The highest BCUT2D eigenvalue weighted by molar-refractivity contribution is 5.86. The number of carbonyl (C=O) groups excluding carboxylic acids is 1. The topological polar surface area (TPSA) is 17.1 Å². The summed E-state index contributed by atoms with van der Waals surface area (Å²) in [4.78, 5) is 12.2. The van der Waals surface area contributed by atoms with Crippen LogP contribution in [0.3, 0.4) is 0 Å². The van der Waals surface area contributed by atoms with Crippen LogP contribution >= 0.6 is 0 Å². The molecule has 0 radical (unpaired) electrons. The summed E-state index contributed by atoms with van der Waals surface area (Å²) in [5, 5.41) is 0. The molecule has 0 N–H and O–H groups in total. The maximum absolute atomic E-state index is 12.2. The van der Waals surface area contributed by atoms with Crippen molar-refractivity contribution in [2.24, 2.45) is 11.3 Å². The van der Waals surface area contributed by atoms with Crippen LogP contribution in [0.25, 0.3) is 0 Å². The van der Waals surface area contributed by atoms with Gasteiger partial charge in [0, 0.05) is 11.8 Å². The Morgan fingerprint density at radius 3 is 2.39 bits per heavy atom. The van der Waals surface area contributed by atoms with E-state index in [1.165, 1.54) is 11.1 Å². The van der Waals surface area contributed by atoms with Crippen LogP contribution in [0.2, 0.25) is 0 Å². The van der Waals surface area contributed by atoms with Gasteiger partial charge in [-0.2, -0.15) is 0 Å². The Kier molecular flexibility index (Phi) is 5.37. The van der Waals surface area contributed by atoms with Gasteiger partial charge in [-0.15, -0.1) is 0 Å². The lowest BCUT2D eigenvalue weighted by Crippen LogP contribution is -2.28. The molecule has 1 aliphatic carbocycles. The summed E-state index contributed by atoms with van der Waals surface area (Å²) in [7, 11) is 0.